The summed E-state index contributed by atoms with van der Waals surface area (Å²) in [5.41, 5.74) is -2.24. The van der Waals surface area contributed by atoms with Gasteiger partial charge >= 0.3 is 62.9 Å². The van der Waals surface area contributed by atoms with Crippen molar-refractivity contribution in [3.8, 4) is 0 Å². The Labute approximate surface area is 435 Å². The molecule has 0 atom stereocenters. The fourth-order valence-corrected chi connectivity index (χ4v) is 12.2. The number of hydrogen-bond acceptors (Lipinski definition) is 17. The van der Waals surface area contributed by atoms with Crippen molar-refractivity contribution in [1.29, 1.82) is 0 Å². The van der Waals surface area contributed by atoms with E-state index < -0.39 is 177 Å². The van der Waals surface area contributed by atoms with Crippen LogP contribution in [0.2, 0.25) is 18.1 Å². The molecule has 17 nitrogen and oxygen atoms in total. The smallest absolute Gasteiger partial charge is 0.459 e. The van der Waals surface area contributed by atoms with Crippen molar-refractivity contribution in [3.63, 3.8) is 0 Å². The number of ether oxygens (including phenoxy) is 7. The van der Waals surface area contributed by atoms with E-state index in [1.54, 1.807) is 0 Å². The molecule has 0 heterocycles. The van der Waals surface area contributed by atoms with Gasteiger partial charge in [0.2, 0.25) is 0 Å². The number of hydrogen-bond donors (Lipinski definition) is 0. The Kier molecular flexibility index (Phi) is 30.4. The Morgan fingerprint density at radius 1 is 0.351 bits per heavy atom. The summed E-state index contributed by atoms with van der Waals surface area (Å²) in [7, 11) is 1.18. The summed E-state index contributed by atoms with van der Waals surface area (Å²) in [4.78, 5) is 13.5. The third kappa shape index (κ3) is 29.2. The first-order valence-electron chi connectivity index (χ1n) is 22.3. The molecule has 0 saturated heterocycles. The van der Waals surface area contributed by atoms with Crippen LogP contribution in [0, 0.1) is 0 Å². The fraction of sp³-hybridized carbons (Fsp3) is 0.974. The second-order valence-corrected chi connectivity index (χ2v) is 26.2. The van der Waals surface area contributed by atoms with Crippen molar-refractivity contribution in [1.82, 2.24) is 0 Å². The minimum atomic E-state index is -5.77. The van der Waals surface area contributed by atoms with Gasteiger partial charge in [-0.25, -0.2) is 35.1 Å². The van der Waals surface area contributed by atoms with Crippen LogP contribution >= 0.6 is 0 Å². The van der Waals surface area contributed by atoms with E-state index in [0.29, 0.717) is 7.11 Å². The summed E-state index contributed by atoms with van der Waals surface area (Å²) in [6.07, 6.45) is -39.1. The van der Waals surface area contributed by atoms with Gasteiger partial charge in [-0.15, -0.1) is 0 Å². The van der Waals surface area contributed by atoms with Crippen molar-refractivity contribution in [2.75, 3.05) is 111 Å². The predicted molar refractivity (Wildman–Crippen MR) is 231 cm³/mol. The quantitative estimate of drug-likeness (QED) is 0.0321. The van der Waals surface area contributed by atoms with Gasteiger partial charge in [-0.3, -0.25) is 14.3 Å². The summed E-state index contributed by atoms with van der Waals surface area (Å²) in [6.45, 7) is -14.1. The Balaban J connectivity index is 6.14. The maximum Gasteiger partial charge on any atom is 0.500 e. The van der Waals surface area contributed by atoms with Gasteiger partial charge in [-0.2, -0.15) is 43.9 Å². The topological polar surface area (TPSA) is 165 Å². The third-order valence-corrected chi connectivity index (χ3v) is 19.1. The maximum absolute atomic E-state index is 16.0. The highest BCUT2D eigenvalue weighted by atomic mass is 28.4. The lowest BCUT2D eigenvalue weighted by Crippen LogP contribution is -2.47. The van der Waals surface area contributed by atoms with E-state index in [2.05, 4.69) is 28.4 Å². The number of rotatable bonds is 46. The molecular weight excluding hydrogens is 1170 g/mol. The monoisotopic (exact) mass is 1230 g/mol. The second kappa shape index (κ2) is 31.1. The Bertz CT molecular complexity index is 1640. The molecule has 0 aromatic carbocycles. The minimum Gasteiger partial charge on any atom is -0.459 e. The number of esters is 1. The maximum atomic E-state index is 16.0. The van der Waals surface area contributed by atoms with Crippen LogP contribution in [0.25, 0.3) is 0 Å². The first kappa shape index (κ1) is 75.3. The molecule has 0 N–H and O–H groups in total. The van der Waals surface area contributed by atoms with Crippen molar-refractivity contribution in [2.24, 2.45) is 0 Å². The molecule has 0 aliphatic rings. The van der Waals surface area contributed by atoms with Crippen LogP contribution in [0.5, 0.6) is 0 Å². The summed E-state index contributed by atoms with van der Waals surface area (Å²) in [5.74, 6) is -20.7. The second-order valence-electron chi connectivity index (χ2n) is 17.0. The molecule has 0 spiro atoms. The predicted octanol–water partition coefficient (Wildman–Crippen LogP) is 9.65. The van der Waals surface area contributed by atoms with Gasteiger partial charge in [0.25, 0.3) is 23.7 Å². The van der Waals surface area contributed by atoms with E-state index in [9.17, 15) is 75.0 Å². The standard InChI is InChI=1S/C39H66F18O17Si3/c1-59-37(52,53)26-69-24-33(44,45)20-31(40,41)21-35(48,49)73-38(54,55)28-71-25-34(46,47)22-36(50,51)74-39(56,57)27-70-23-32(42,43)19-30(14-11-16-75(60-2,61-3)62-4,15-12-17-76(63-5,64-6)65-7)72-29(58)13-18-77(66-8,67-9)68-10/h11-28H2,1-10H3. The van der Waals surface area contributed by atoms with E-state index in [-0.39, 0.29) is 31.0 Å². The van der Waals surface area contributed by atoms with Crippen LogP contribution in [-0.2, 0) is 77.8 Å². The SMILES string of the molecule is COC(F)(F)COCC(F)(F)CC(F)(F)CC(F)(F)OC(F)(F)COCC(F)(F)CC(F)(F)OC(F)(F)COCC(F)(F)CC(CCC[Si](OC)(OC)OC)(CCC[Si](OC)(OC)OC)OC(=O)CC[Si](OC)(OC)OC. The van der Waals surface area contributed by atoms with Crippen LogP contribution in [-0.4, -0.2) is 203 Å². The van der Waals surface area contributed by atoms with Gasteiger partial charge < -0.3 is 63.5 Å². The van der Waals surface area contributed by atoms with Gasteiger partial charge in [-0.1, -0.05) is 0 Å². The molecular formula is C39H66F18O17Si3. The molecule has 0 saturated carbocycles. The van der Waals surface area contributed by atoms with E-state index in [0.717, 1.165) is 0 Å². The first-order valence-corrected chi connectivity index (χ1v) is 28.1. The molecule has 462 valence electrons. The molecule has 0 amide bonds. The summed E-state index contributed by atoms with van der Waals surface area (Å²) >= 11 is 0. The highest BCUT2D eigenvalue weighted by Crippen LogP contribution is 2.43. The Hall–Kier alpha value is -1.74. The largest absolute Gasteiger partial charge is 0.500 e. The van der Waals surface area contributed by atoms with Crippen molar-refractivity contribution >= 4 is 32.4 Å². The average molecular weight is 1230 g/mol. The first-order chi connectivity index (χ1) is 35.0. The van der Waals surface area contributed by atoms with E-state index in [1.165, 1.54) is 64.0 Å². The zero-order valence-corrected chi connectivity index (χ0v) is 46.5. The fourth-order valence-electron chi connectivity index (χ4n) is 7.16. The van der Waals surface area contributed by atoms with Gasteiger partial charge in [-0.05, 0) is 25.7 Å². The van der Waals surface area contributed by atoms with E-state index in [4.69, 9.17) is 44.6 Å². The Morgan fingerprint density at radius 2 is 0.649 bits per heavy atom. The molecule has 0 aromatic heterocycles. The molecule has 38 heteroatoms. The number of carbonyl (C=O) groups is 1. The molecule has 0 aliphatic heterocycles. The molecule has 0 aromatic rings. The van der Waals surface area contributed by atoms with Crippen LogP contribution in [0.1, 0.15) is 57.8 Å². The average Bonchev–Trinajstić information content (AvgIpc) is 3.27. The summed E-state index contributed by atoms with van der Waals surface area (Å²) in [6, 6.07) is -0.361. The van der Waals surface area contributed by atoms with Crippen molar-refractivity contribution in [3.05, 3.63) is 0 Å². The molecule has 0 fully saturated rings. The van der Waals surface area contributed by atoms with Crippen molar-refractivity contribution in [2.45, 2.75) is 136 Å². The lowest BCUT2D eigenvalue weighted by molar-refractivity contribution is -0.402. The van der Waals surface area contributed by atoms with Crippen molar-refractivity contribution < 1.29 is 157 Å². The van der Waals surface area contributed by atoms with Crippen LogP contribution < -0.4 is 0 Å². The zero-order chi connectivity index (χ0) is 60.1. The third-order valence-electron chi connectivity index (χ3n) is 10.7. The molecule has 0 unspecified atom stereocenters. The molecule has 0 bridgehead atoms. The van der Waals surface area contributed by atoms with Crippen LogP contribution in [0.15, 0.2) is 0 Å². The van der Waals surface area contributed by atoms with Gasteiger partial charge in [0.15, 0.2) is 0 Å². The highest BCUT2D eigenvalue weighted by molar-refractivity contribution is 6.61. The molecule has 0 rings (SSSR count). The lowest BCUT2D eigenvalue weighted by atomic mass is 9.86. The van der Waals surface area contributed by atoms with Crippen LogP contribution in [0.4, 0.5) is 79.0 Å². The van der Waals surface area contributed by atoms with E-state index >= 15 is 8.78 Å². The lowest BCUT2D eigenvalue weighted by Gasteiger charge is -2.38. The van der Waals surface area contributed by atoms with Gasteiger partial charge in [0.1, 0.15) is 58.1 Å². The van der Waals surface area contributed by atoms with Gasteiger partial charge in [0, 0.05) is 95.7 Å². The minimum absolute atomic E-state index is 0.0649. The number of halogens is 18. The molecule has 0 aliphatic carbocycles. The Morgan fingerprint density at radius 3 is 0.987 bits per heavy atom. The van der Waals surface area contributed by atoms with Crippen LogP contribution in [0.3, 0.4) is 0 Å². The zero-order valence-electron chi connectivity index (χ0n) is 43.5. The highest BCUT2D eigenvalue weighted by Gasteiger charge is 2.56. The molecule has 0 radical (unpaired) electrons. The molecule has 77 heavy (non-hydrogen) atoms. The number of carbonyl (C=O) groups excluding carboxylic acids is 1. The summed E-state index contributed by atoms with van der Waals surface area (Å²) < 4.78 is 332. The normalized spacial score (nSPS) is 14.7. The summed E-state index contributed by atoms with van der Waals surface area (Å²) in [5, 5.41) is 0. The number of alkyl halides is 18. The van der Waals surface area contributed by atoms with Gasteiger partial charge in [0.05, 0.1) is 12.8 Å². The number of methoxy groups -OCH3 is 1. The van der Waals surface area contributed by atoms with E-state index in [1.807, 2.05) is 0 Å².